The van der Waals surface area contributed by atoms with Crippen molar-refractivity contribution >= 4 is 67.7 Å². The van der Waals surface area contributed by atoms with E-state index in [4.69, 9.17) is 27.9 Å². The van der Waals surface area contributed by atoms with Gasteiger partial charge in [0.2, 0.25) is 0 Å². The van der Waals surface area contributed by atoms with Gasteiger partial charge < -0.3 is 4.74 Å². The topological polar surface area (TPSA) is 44.1 Å². The zero-order valence-corrected chi connectivity index (χ0v) is 19.4. The van der Waals surface area contributed by atoms with Crippen LogP contribution in [0.15, 0.2) is 42.5 Å². The number of aromatic nitrogens is 2. The molecule has 0 aliphatic heterocycles. The first kappa shape index (κ1) is 20.6. The van der Waals surface area contributed by atoms with Crippen molar-refractivity contribution in [2.24, 2.45) is 0 Å². The molecule has 1 aromatic heterocycles. The minimum absolute atomic E-state index is 0.258. The number of carbonyl (C=O) groups is 1. The first-order valence-corrected chi connectivity index (χ1v) is 11.0. The van der Waals surface area contributed by atoms with E-state index in [-0.39, 0.29) is 12.3 Å². The van der Waals surface area contributed by atoms with Gasteiger partial charge in [-0.05, 0) is 72.0 Å². The van der Waals surface area contributed by atoms with Crippen LogP contribution in [0.2, 0.25) is 10.0 Å². The van der Waals surface area contributed by atoms with E-state index in [9.17, 15) is 4.79 Å². The molecule has 2 aromatic carbocycles. The molecule has 0 N–H and O–H groups in total. The van der Waals surface area contributed by atoms with Gasteiger partial charge in [0.15, 0.2) is 5.69 Å². The molecule has 0 aliphatic rings. The van der Waals surface area contributed by atoms with Crippen molar-refractivity contribution in [1.29, 1.82) is 0 Å². The molecule has 3 aromatic rings. The zero-order valence-electron chi connectivity index (χ0n) is 14.2. The lowest BCUT2D eigenvalue weighted by molar-refractivity contribution is 0.0519. The molecule has 0 aliphatic carbocycles. The van der Waals surface area contributed by atoms with E-state index in [1.54, 1.807) is 25.1 Å². The normalized spacial score (nSPS) is 10.9. The van der Waals surface area contributed by atoms with Crippen molar-refractivity contribution < 1.29 is 9.53 Å². The molecule has 0 fully saturated rings. The molecule has 8 heteroatoms. The van der Waals surface area contributed by atoms with Gasteiger partial charge in [-0.2, -0.15) is 0 Å². The Labute approximate surface area is 189 Å². The van der Waals surface area contributed by atoms with Crippen molar-refractivity contribution in [2.45, 2.75) is 12.3 Å². The Balaban J connectivity index is 2.30. The van der Waals surface area contributed by atoms with Gasteiger partial charge in [-0.15, -0.1) is 0 Å². The lowest BCUT2D eigenvalue weighted by Crippen LogP contribution is -2.09. The second-order valence-corrected chi connectivity index (χ2v) is 8.17. The van der Waals surface area contributed by atoms with Gasteiger partial charge >= 0.3 is 5.97 Å². The van der Waals surface area contributed by atoms with Crippen molar-refractivity contribution in [3.63, 3.8) is 0 Å². The molecule has 140 valence electrons. The quantitative estimate of drug-likeness (QED) is 0.196. The number of hydrogen-bond donors (Lipinski definition) is 0. The molecular weight excluding hydrogens is 566 g/mol. The number of nitrogens with zero attached hydrogens (tertiary/aromatic N) is 2. The number of halogens is 4. The highest BCUT2D eigenvalue weighted by molar-refractivity contribution is 14.1. The maximum absolute atomic E-state index is 12.5. The Morgan fingerprint density at radius 3 is 2.52 bits per heavy atom. The lowest BCUT2D eigenvalue weighted by Gasteiger charge is -2.12. The molecule has 0 radical (unpaired) electrons. The van der Waals surface area contributed by atoms with E-state index in [2.05, 4.69) is 43.5 Å². The average molecular weight is 580 g/mol. The fraction of sp³-hybridized carbons (Fsp3) is 0.158. The van der Waals surface area contributed by atoms with Crippen LogP contribution >= 0.6 is 61.7 Å². The molecule has 0 saturated carbocycles. The maximum Gasteiger partial charge on any atom is 0.358 e. The molecule has 4 nitrogen and oxygen atoms in total. The van der Waals surface area contributed by atoms with E-state index in [0.29, 0.717) is 32.5 Å². The standard InChI is InChI=1S/C19H14BrCl2IN2O2/c1-2-27-19(26)17-16(10-20)25(13-6-4-12(23)5-7-13)18(24-17)14-8-3-11(21)9-15(14)22/h3-9H,2,10H2,1H3. The SMILES string of the molecule is CCOC(=O)c1nc(-c2ccc(Cl)cc2Cl)n(-c2ccc(I)cc2)c1CBr. The summed E-state index contributed by atoms with van der Waals surface area (Å²) in [6, 6.07) is 13.1. The first-order chi connectivity index (χ1) is 13.0. The van der Waals surface area contributed by atoms with E-state index in [0.717, 1.165) is 9.26 Å². The summed E-state index contributed by atoms with van der Waals surface area (Å²) in [5.74, 6) is 0.0814. The molecule has 27 heavy (non-hydrogen) atoms. The number of rotatable bonds is 5. The van der Waals surface area contributed by atoms with Crippen LogP contribution in [-0.2, 0) is 10.1 Å². The maximum atomic E-state index is 12.5. The molecule has 0 unspecified atom stereocenters. The molecule has 0 saturated heterocycles. The molecule has 1 heterocycles. The predicted octanol–water partition coefficient (Wildman–Crippen LogP) is 6.52. The van der Waals surface area contributed by atoms with Crippen LogP contribution in [0.5, 0.6) is 0 Å². The molecular formula is C19H14BrCl2IN2O2. The highest BCUT2D eigenvalue weighted by atomic mass is 127. The van der Waals surface area contributed by atoms with Crippen molar-refractivity contribution in [3.8, 4) is 17.1 Å². The number of ether oxygens (including phenoxy) is 1. The third-order valence-corrected chi connectivity index (χ3v) is 5.62. The fourth-order valence-electron chi connectivity index (χ4n) is 2.66. The van der Waals surface area contributed by atoms with Crippen LogP contribution in [0.3, 0.4) is 0 Å². The number of alkyl halides is 1. The summed E-state index contributed by atoms with van der Waals surface area (Å²) < 4.78 is 8.20. The Morgan fingerprint density at radius 1 is 1.22 bits per heavy atom. The number of hydrogen-bond acceptors (Lipinski definition) is 3. The number of carbonyl (C=O) groups excluding carboxylic acids is 1. The smallest absolute Gasteiger partial charge is 0.358 e. The van der Waals surface area contributed by atoms with E-state index < -0.39 is 5.97 Å². The van der Waals surface area contributed by atoms with Gasteiger partial charge in [-0.3, -0.25) is 4.57 Å². The summed E-state index contributed by atoms with van der Waals surface area (Å²) in [7, 11) is 0. The number of esters is 1. The van der Waals surface area contributed by atoms with Crippen molar-refractivity contribution in [1.82, 2.24) is 9.55 Å². The van der Waals surface area contributed by atoms with Crippen LogP contribution in [-0.4, -0.2) is 22.1 Å². The Hall–Kier alpha value is -1.09. The van der Waals surface area contributed by atoms with Gasteiger partial charge in [0.05, 0.1) is 17.3 Å². The predicted molar refractivity (Wildman–Crippen MR) is 120 cm³/mol. The van der Waals surface area contributed by atoms with Crippen molar-refractivity contribution in [2.75, 3.05) is 6.61 Å². The van der Waals surface area contributed by atoms with Crippen LogP contribution < -0.4 is 0 Å². The second kappa shape index (κ2) is 8.94. The highest BCUT2D eigenvalue weighted by Crippen LogP contribution is 2.34. The summed E-state index contributed by atoms with van der Waals surface area (Å²) in [6.45, 7) is 2.03. The van der Waals surface area contributed by atoms with Gasteiger partial charge in [-0.1, -0.05) is 39.1 Å². The summed E-state index contributed by atoms with van der Waals surface area (Å²) in [6.07, 6.45) is 0. The lowest BCUT2D eigenvalue weighted by atomic mass is 10.2. The Bertz CT molecular complexity index is 990. The van der Waals surface area contributed by atoms with Gasteiger partial charge in [0.25, 0.3) is 0 Å². The number of benzene rings is 2. The summed E-state index contributed by atoms with van der Waals surface area (Å²) in [4.78, 5) is 17.1. The zero-order chi connectivity index (χ0) is 19.6. The van der Waals surface area contributed by atoms with Crippen LogP contribution in [0, 0.1) is 3.57 Å². The summed E-state index contributed by atoms with van der Waals surface area (Å²) in [5, 5.41) is 1.41. The van der Waals surface area contributed by atoms with Gasteiger partial charge in [0.1, 0.15) is 5.82 Å². The minimum Gasteiger partial charge on any atom is -0.461 e. The Kier molecular flexibility index (Phi) is 6.83. The van der Waals surface area contributed by atoms with E-state index in [1.807, 2.05) is 28.8 Å². The van der Waals surface area contributed by atoms with E-state index in [1.165, 1.54) is 0 Å². The third-order valence-electron chi connectivity index (χ3n) is 3.82. The largest absolute Gasteiger partial charge is 0.461 e. The number of imidazole rings is 1. The fourth-order valence-corrected chi connectivity index (χ4v) is 4.03. The summed E-state index contributed by atoms with van der Waals surface area (Å²) >= 11 is 18.2. The van der Waals surface area contributed by atoms with E-state index >= 15 is 0 Å². The van der Waals surface area contributed by atoms with Gasteiger partial charge in [0, 0.05) is 25.2 Å². The average Bonchev–Trinajstić information content (AvgIpc) is 3.02. The van der Waals surface area contributed by atoms with Crippen LogP contribution in [0.4, 0.5) is 0 Å². The molecule has 0 spiro atoms. The molecule has 0 bridgehead atoms. The summed E-state index contributed by atoms with van der Waals surface area (Å²) in [5.41, 5.74) is 2.50. The third kappa shape index (κ3) is 4.34. The van der Waals surface area contributed by atoms with Crippen LogP contribution in [0.25, 0.3) is 17.1 Å². The van der Waals surface area contributed by atoms with Crippen LogP contribution in [0.1, 0.15) is 23.1 Å². The van der Waals surface area contributed by atoms with Gasteiger partial charge in [-0.25, -0.2) is 9.78 Å². The monoisotopic (exact) mass is 578 g/mol. The first-order valence-electron chi connectivity index (χ1n) is 8.02. The van der Waals surface area contributed by atoms with Crippen molar-refractivity contribution in [3.05, 3.63) is 67.5 Å². The molecule has 3 rings (SSSR count). The second-order valence-electron chi connectivity index (χ2n) is 5.52. The minimum atomic E-state index is -0.470. The molecule has 0 atom stereocenters. The Morgan fingerprint density at radius 2 is 1.93 bits per heavy atom. The highest BCUT2D eigenvalue weighted by Gasteiger charge is 2.25. The molecule has 0 amide bonds.